The second-order valence-corrected chi connectivity index (χ2v) is 17.9. The third kappa shape index (κ3) is 7.60. The highest BCUT2D eigenvalue weighted by atomic mass is 35.5. The number of methoxy groups -OCH3 is 1. The number of ether oxygens (including phenoxy) is 2. The largest absolute Gasteiger partial charge is 0.497 e. The Hall–Kier alpha value is -5.78. The summed E-state index contributed by atoms with van der Waals surface area (Å²) < 4.78 is 14.9. The van der Waals surface area contributed by atoms with Gasteiger partial charge in [0.05, 0.1) is 23.5 Å². The van der Waals surface area contributed by atoms with Crippen molar-refractivity contribution in [3.63, 3.8) is 0 Å². The van der Waals surface area contributed by atoms with E-state index in [0.29, 0.717) is 0 Å². The number of carbonyl (C=O) groups is 1. The Morgan fingerprint density at radius 1 is 0.733 bits per heavy atom. The second kappa shape index (κ2) is 16.0. The molecule has 2 aliphatic rings. The third-order valence-electron chi connectivity index (χ3n) is 12.5. The van der Waals surface area contributed by atoms with Crippen molar-refractivity contribution in [2.24, 2.45) is 5.73 Å². The zero-order valence-electron chi connectivity index (χ0n) is 35.2. The number of nitrogens with two attached hydrogens (primary N) is 1. The van der Waals surface area contributed by atoms with Crippen LogP contribution in [0, 0.1) is 6.92 Å². The fraction of sp³-hybridized carbons (Fsp3) is 0.354. The molecule has 1 amide bonds. The van der Waals surface area contributed by atoms with E-state index in [1.54, 1.807) is 7.11 Å². The van der Waals surface area contributed by atoms with Crippen molar-refractivity contribution in [2.45, 2.75) is 102 Å². The standard InChI is InChI=1S/C29H32N4O3.C19H21ClN4/c1-20-8-12-22(13-9-20)29(16-6-17-29)26-32-31-25-24(7-5-18-33(25)26)28(2,3)30-27(34)36-19-21-10-14-23(35-4)15-11-21;1-18(2,21)15-5-3-12-24-16(15)22-23-17(24)19(10-4-11-19)13-6-8-14(20)9-7-13/h5,7-15,18H,6,16-17,19H2,1-4H3,(H,30,34);3,5-9,12H,4,10-11,21H2,1-2H3. The predicted octanol–water partition coefficient (Wildman–Crippen LogP) is 9.72. The SMILES string of the molecule is CC(C)(N)c1cccn2c(C3(c4ccc(Cl)cc4)CCC3)nnc12.COc1ccc(COC(=O)NC(C)(C)c2cccn3c(C4(c5ccc(C)cc5)CCC4)nnc23)cc1. The number of fused-ring (bicyclic) bond motifs is 2. The van der Waals surface area contributed by atoms with Crippen LogP contribution in [0.4, 0.5) is 4.79 Å². The van der Waals surface area contributed by atoms with Crippen molar-refractivity contribution in [1.29, 1.82) is 0 Å². The average Bonchev–Trinajstić information content (AvgIpc) is 3.83. The molecule has 0 atom stereocenters. The number of rotatable bonds is 10. The maximum Gasteiger partial charge on any atom is 0.408 e. The molecule has 7 aromatic rings. The molecular weight excluding hydrogens is 772 g/mol. The summed E-state index contributed by atoms with van der Waals surface area (Å²) in [5.41, 5.74) is 13.1. The smallest absolute Gasteiger partial charge is 0.408 e. The van der Waals surface area contributed by atoms with Crippen molar-refractivity contribution < 1.29 is 14.3 Å². The number of halogens is 1. The van der Waals surface area contributed by atoms with Crippen molar-refractivity contribution in [1.82, 2.24) is 34.5 Å². The summed E-state index contributed by atoms with van der Waals surface area (Å²) in [7, 11) is 1.62. The molecule has 0 radical (unpaired) electrons. The Kier molecular flexibility index (Phi) is 10.9. The Balaban J connectivity index is 0.000000180. The van der Waals surface area contributed by atoms with E-state index in [0.717, 1.165) is 82.5 Å². The molecule has 11 nitrogen and oxygen atoms in total. The molecule has 0 saturated heterocycles. The molecule has 4 heterocycles. The van der Waals surface area contributed by atoms with E-state index in [1.807, 2.05) is 101 Å². The Labute approximate surface area is 356 Å². The number of nitrogens with zero attached hydrogens (tertiary/aromatic N) is 6. The highest BCUT2D eigenvalue weighted by Crippen LogP contribution is 2.50. The Morgan fingerprint density at radius 3 is 1.72 bits per heavy atom. The van der Waals surface area contributed by atoms with Crippen LogP contribution in [0.5, 0.6) is 5.75 Å². The molecule has 12 heteroatoms. The zero-order valence-corrected chi connectivity index (χ0v) is 36.0. The molecular formula is C48H53ClN8O3. The van der Waals surface area contributed by atoms with Gasteiger partial charge in [-0.25, -0.2) is 4.79 Å². The molecule has 0 bridgehead atoms. The number of nitrogens with one attached hydrogen (secondary N) is 1. The highest BCUT2D eigenvalue weighted by molar-refractivity contribution is 6.30. The van der Waals surface area contributed by atoms with Crippen LogP contribution in [0.1, 0.15) is 111 Å². The monoisotopic (exact) mass is 824 g/mol. The molecule has 60 heavy (non-hydrogen) atoms. The summed E-state index contributed by atoms with van der Waals surface area (Å²) in [6.45, 7) is 10.2. The summed E-state index contributed by atoms with van der Waals surface area (Å²) >= 11 is 6.07. The van der Waals surface area contributed by atoms with Crippen LogP contribution < -0.4 is 15.8 Å². The molecule has 2 fully saturated rings. The number of hydrogen-bond acceptors (Lipinski definition) is 8. The molecule has 0 unspecified atom stereocenters. The van der Waals surface area contributed by atoms with E-state index in [2.05, 4.69) is 72.7 Å². The van der Waals surface area contributed by atoms with Gasteiger partial charge in [-0.2, -0.15) is 0 Å². The number of carbonyl (C=O) groups excluding carboxylic acids is 1. The van der Waals surface area contributed by atoms with Crippen LogP contribution in [0.2, 0.25) is 5.02 Å². The van der Waals surface area contributed by atoms with Gasteiger partial charge in [0.25, 0.3) is 0 Å². The van der Waals surface area contributed by atoms with Gasteiger partial charge in [-0.15, -0.1) is 20.4 Å². The summed E-state index contributed by atoms with van der Waals surface area (Å²) in [5.74, 6) is 2.71. The zero-order chi connectivity index (χ0) is 42.3. The molecule has 4 aromatic heterocycles. The number of aromatic nitrogens is 6. The lowest BCUT2D eigenvalue weighted by Gasteiger charge is -2.41. The first-order valence-corrected chi connectivity index (χ1v) is 21.0. The molecule has 2 saturated carbocycles. The van der Waals surface area contributed by atoms with Crippen molar-refractivity contribution in [2.75, 3.05) is 7.11 Å². The van der Waals surface area contributed by atoms with Gasteiger partial charge < -0.3 is 20.5 Å². The fourth-order valence-electron chi connectivity index (χ4n) is 8.69. The van der Waals surface area contributed by atoms with E-state index in [4.69, 9.17) is 31.9 Å². The van der Waals surface area contributed by atoms with Crippen LogP contribution in [0.3, 0.4) is 0 Å². The van der Waals surface area contributed by atoms with E-state index in [1.165, 1.54) is 23.1 Å². The van der Waals surface area contributed by atoms with E-state index >= 15 is 0 Å². The molecule has 310 valence electrons. The van der Waals surface area contributed by atoms with Gasteiger partial charge in [0.15, 0.2) is 11.3 Å². The molecule has 0 spiro atoms. The van der Waals surface area contributed by atoms with Gasteiger partial charge in [0, 0.05) is 34.1 Å². The van der Waals surface area contributed by atoms with Gasteiger partial charge >= 0.3 is 6.09 Å². The van der Waals surface area contributed by atoms with Crippen LogP contribution in [0.15, 0.2) is 109 Å². The van der Waals surface area contributed by atoms with Gasteiger partial charge in [0.1, 0.15) is 24.0 Å². The number of aryl methyl sites for hydroxylation is 1. The first-order valence-electron chi connectivity index (χ1n) is 20.6. The van der Waals surface area contributed by atoms with Crippen LogP contribution in [0.25, 0.3) is 11.3 Å². The second-order valence-electron chi connectivity index (χ2n) is 17.4. The van der Waals surface area contributed by atoms with E-state index in [9.17, 15) is 4.79 Å². The minimum atomic E-state index is -0.722. The quantitative estimate of drug-likeness (QED) is 0.139. The molecule has 3 N–H and O–H groups in total. The Bertz CT molecular complexity index is 2620. The first-order chi connectivity index (χ1) is 28.7. The fourth-order valence-corrected chi connectivity index (χ4v) is 8.82. The maximum absolute atomic E-state index is 12.7. The molecule has 3 aromatic carbocycles. The lowest BCUT2D eigenvalue weighted by molar-refractivity contribution is 0.129. The summed E-state index contributed by atoms with van der Waals surface area (Å²) in [6, 6.07) is 32.3. The number of hydrogen-bond donors (Lipinski definition) is 2. The van der Waals surface area contributed by atoms with Gasteiger partial charge in [-0.05, 0) is 113 Å². The van der Waals surface area contributed by atoms with Crippen molar-refractivity contribution in [3.05, 3.63) is 160 Å². The highest BCUT2D eigenvalue weighted by Gasteiger charge is 2.46. The van der Waals surface area contributed by atoms with Gasteiger partial charge in [0.2, 0.25) is 0 Å². The Morgan fingerprint density at radius 2 is 1.23 bits per heavy atom. The van der Waals surface area contributed by atoms with Crippen LogP contribution in [-0.2, 0) is 33.3 Å². The third-order valence-corrected chi connectivity index (χ3v) is 12.7. The summed E-state index contributed by atoms with van der Waals surface area (Å²) in [4.78, 5) is 12.7. The minimum Gasteiger partial charge on any atom is -0.497 e. The average molecular weight is 825 g/mol. The number of benzene rings is 3. The molecule has 2 aliphatic carbocycles. The minimum absolute atomic E-state index is 0.0820. The maximum atomic E-state index is 12.7. The lowest BCUT2D eigenvalue weighted by Crippen LogP contribution is -2.41. The van der Waals surface area contributed by atoms with E-state index in [-0.39, 0.29) is 17.4 Å². The molecule has 0 aliphatic heterocycles. The molecule has 9 rings (SSSR count). The van der Waals surface area contributed by atoms with Crippen LogP contribution >= 0.6 is 11.6 Å². The van der Waals surface area contributed by atoms with Gasteiger partial charge in [-0.3, -0.25) is 8.80 Å². The predicted molar refractivity (Wildman–Crippen MR) is 234 cm³/mol. The number of pyridine rings is 2. The number of alkyl carbamates (subject to hydrolysis) is 1. The summed E-state index contributed by atoms with van der Waals surface area (Å²) in [6.07, 6.45) is 10.1. The normalized spacial score (nSPS) is 15.7. The number of amides is 1. The van der Waals surface area contributed by atoms with E-state index < -0.39 is 17.2 Å². The van der Waals surface area contributed by atoms with Crippen molar-refractivity contribution >= 4 is 29.0 Å². The van der Waals surface area contributed by atoms with Gasteiger partial charge in [-0.1, -0.05) is 90.7 Å². The lowest BCUT2D eigenvalue weighted by atomic mass is 9.63. The topological polar surface area (TPSA) is 134 Å². The first kappa shape index (κ1) is 41.0. The van der Waals surface area contributed by atoms with Crippen LogP contribution in [-0.4, -0.2) is 42.4 Å². The van der Waals surface area contributed by atoms with Crippen molar-refractivity contribution in [3.8, 4) is 5.75 Å². The summed E-state index contributed by atoms with van der Waals surface area (Å²) in [5, 5.41) is 22.1.